The largest absolute Gasteiger partial charge is 0.392 e. The molecule has 0 heterocycles. The SMILES string of the molecule is CCOC(CC(O)C(C)(C)Cc1ccccc1)O[Si](C)(C)C(C)(C)C. The lowest BCUT2D eigenvalue weighted by Crippen LogP contribution is -2.46. The van der Waals surface area contributed by atoms with Crippen LogP contribution in [0.3, 0.4) is 0 Å². The zero-order chi connectivity index (χ0) is 19.3. The van der Waals surface area contributed by atoms with E-state index in [2.05, 4.69) is 59.8 Å². The van der Waals surface area contributed by atoms with Crippen LogP contribution in [-0.2, 0) is 15.6 Å². The van der Waals surface area contributed by atoms with Crippen molar-refractivity contribution in [1.29, 1.82) is 0 Å². The first-order valence-corrected chi connectivity index (χ1v) is 12.3. The molecule has 0 aromatic heterocycles. The van der Waals surface area contributed by atoms with Crippen LogP contribution in [-0.4, -0.2) is 32.4 Å². The molecule has 3 nitrogen and oxygen atoms in total. The predicted octanol–water partition coefficient (Wildman–Crippen LogP) is 5.39. The molecule has 0 aliphatic carbocycles. The van der Waals surface area contributed by atoms with Crippen LogP contribution in [0.15, 0.2) is 30.3 Å². The van der Waals surface area contributed by atoms with Crippen molar-refractivity contribution < 1.29 is 14.3 Å². The van der Waals surface area contributed by atoms with Gasteiger partial charge < -0.3 is 14.3 Å². The molecule has 0 spiro atoms. The maximum atomic E-state index is 10.9. The van der Waals surface area contributed by atoms with Crippen molar-refractivity contribution in [2.45, 2.75) is 84.9 Å². The number of aliphatic hydroxyl groups is 1. The molecule has 1 rings (SSSR count). The maximum absolute atomic E-state index is 10.9. The highest BCUT2D eigenvalue weighted by Gasteiger charge is 2.40. The minimum atomic E-state index is -1.94. The Balaban J connectivity index is 2.79. The minimum absolute atomic E-state index is 0.118. The highest BCUT2D eigenvalue weighted by molar-refractivity contribution is 6.74. The van der Waals surface area contributed by atoms with Gasteiger partial charge in [-0.25, -0.2) is 0 Å². The Labute approximate surface area is 155 Å². The number of benzene rings is 1. The molecule has 0 aliphatic rings. The van der Waals surface area contributed by atoms with Crippen molar-refractivity contribution in [3.63, 3.8) is 0 Å². The molecule has 0 fully saturated rings. The van der Waals surface area contributed by atoms with Gasteiger partial charge in [-0.1, -0.05) is 65.0 Å². The van der Waals surface area contributed by atoms with Crippen molar-refractivity contribution in [3.8, 4) is 0 Å². The highest BCUT2D eigenvalue weighted by Crippen LogP contribution is 2.38. The Morgan fingerprint density at radius 1 is 1.04 bits per heavy atom. The first-order valence-electron chi connectivity index (χ1n) is 9.40. The Bertz CT molecular complexity index is 506. The first kappa shape index (κ1) is 22.4. The van der Waals surface area contributed by atoms with Crippen molar-refractivity contribution >= 4 is 8.32 Å². The molecule has 25 heavy (non-hydrogen) atoms. The van der Waals surface area contributed by atoms with Crippen LogP contribution in [0.25, 0.3) is 0 Å². The summed E-state index contributed by atoms with van der Waals surface area (Å²) < 4.78 is 12.3. The first-order chi connectivity index (χ1) is 11.4. The summed E-state index contributed by atoms with van der Waals surface area (Å²) in [5.74, 6) is 0. The van der Waals surface area contributed by atoms with E-state index >= 15 is 0 Å². The lowest BCUT2D eigenvalue weighted by atomic mass is 9.79. The highest BCUT2D eigenvalue weighted by atomic mass is 28.4. The third kappa shape index (κ3) is 6.85. The van der Waals surface area contributed by atoms with E-state index < -0.39 is 14.4 Å². The van der Waals surface area contributed by atoms with E-state index in [1.165, 1.54) is 5.56 Å². The molecular formula is C21H38O3Si. The van der Waals surface area contributed by atoms with E-state index in [1.54, 1.807) is 0 Å². The zero-order valence-electron chi connectivity index (χ0n) is 17.4. The van der Waals surface area contributed by atoms with Crippen molar-refractivity contribution in [2.75, 3.05) is 6.61 Å². The summed E-state index contributed by atoms with van der Waals surface area (Å²) in [6, 6.07) is 10.3. The van der Waals surface area contributed by atoms with Gasteiger partial charge in [0.2, 0.25) is 0 Å². The van der Waals surface area contributed by atoms with Crippen LogP contribution in [0.1, 0.15) is 53.5 Å². The third-order valence-corrected chi connectivity index (χ3v) is 9.87. The van der Waals surface area contributed by atoms with Crippen LogP contribution < -0.4 is 0 Å². The lowest BCUT2D eigenvalue weighted by molar-refractivity contribution is -0.120. The van der Waals surface area contributed by atoms with Crippen LogP contribution >= 0.6 is 0 Å². The summed E-state index contributed by atoms with van der Waals surface area (Å²) in [5, 5.41) is 11.0. The van der Waals surface area contributed by atoms with E-state index in [9.17, 15) is 5.11 Å². The fourth-order valence-corrected chi connectivity index (χ4v) is 3.76. The topological polar surface area (TPSA) is 38.7 Å². The molecule has 2 unspecified atom stereocenters. The quantitative estimate of drug-likeness (QED) is 0.470. The molecule has 4 heteroatoms. The van der Waals surface area contributed by atoms with Crippen LogP contribution in [0.4, 0.5) is 0 Å². The number of ether oxygens (including phenoxy) is 1. The van der Waals surface area contributed by atoms with E-state index in [4.69, 9.17) is 9.16 Å². The van der Waals surface area contributed by atoms with E-state index in [0.29, 0.717) is 13.0 Å². The third-order valence-electron chi connectivity index (χ3n) is 5.41. The lowest BCUT2D eigenvalue weighted by Gasteiger charge is -2.40. The van der Waals surface area contributed by atoms with E-state index in [1.807, 2.05) is 25.1 Å². The second kappa shape index (κ2) is 8.80. The van der Waals surface area contributed by atoms with Crippen molar-refractivity contribution in [1.82, 2.24) is 0 Å². The van der Waals surface area contributed by atoms with Gasteiger partial charge in [0.05, 0.1) is 6.10 Å². The number of hydrogen-bond donors (Lipinski definition) is 1. The van der Waals surface area contributed by atoms with Gasteiger partial charge in [0.15, 0.2) is 8.32 Å². The summed E-state index contributed by atoms with van der Waals surface area (Å²) in [5.41, 5.74) is 0.998. The minimum Gasteiger partial charge on any atom is -0.392 e. The Hall–Kier alpha value is -0.683. The predicted molar refractivity (Wildman–Crippen MR) is 108 cm³/mol. The summed E-state index contributed by atoms with van der Waals surface area (Å²) in [6.07, 6.45) is 0.485. The van der Waals surface area contributed by atoms with Crippen molar-refractivity contribution in [2.24, 2.45) is 5.41 Å². The van der Waals surface area contributed by atoms with Crippen LogP contribution in [0.5, 0.6) is 0 Å². The monoisotopic (exact) mass is 366 g/mol. The van der Waals surface area contributed by atoms with Gasteiger partial charge in [0, 0.05) is 13.0 Å². The van der Waals surface area contributed by atoms with Gasteiger partial charge in [0.25, 0.3) is 0 Å². The van der Waals surface area contributed by atoms with Gasteiger partial charge >= 0.3 is 0 Å². The second-order valence-electron chi connectivity index (χ2n) is 9.17. The molecule has 144 valence electrons. The molecule has 1 N–H and O–H groups in total. The van der Waals surface area contributed by atoms with Crippen molar-refractivity contribution in [3.05, 3.63) is 35.9 Å². The van der Waals surface area contributed by atoms with Gasteiger partial charge in [-0.2, -0.15) is 0 Å². The molecular weight excluding hydrogens is 328 g/mol. The Kier molecular flexibility index (Phi) is 7.87. The molecule has 2 atom stereocenters. The molecule has 0 bridgehead atoms. The average molecular weight is 367 g/mol. The molecule has 0 saturated carbocycles. The standard InChI is InChI=1S/C21H38O3Si/c1-9-23-19(24-25(7,8)20(2,3)4)15-18(22)21(5,6)16-17-13-11-10-12-14-17/h10-14,18-19,22H,9,15-16H2,1-8H3. The van der Waals surface area contributed by atoms with E-state index in [0.717, 1.165) is 6.42 Å². The van der Waals surface area contributed by atoms with Gasteiger partial charge in [-0.05, 0) is 42.5 Å². The molecule has 0 amide bonds. The summed E-state index contributed by atoms with van der Waals surface area (Å²) in [6.45, 7) is 17.9. The molecule has 0 aliphatic heterocycles. The Morgan fingerprint density at radius 2 is 1.60 bits per heavy atom. The van der Waals surface area contributed by atoms with Gasteiger partial charge in [-0.15, -0.1) is 0 Å². The number of rotatable bonds is 9. The summed E-state index contributed by atoms with van der Waals surface area (Å²) >= 11 is 0. The normalized spacial score (nSPS) is 15.9. The molecule has 0 saturated heterocycles. The zero-order valence-corrected chi connectivity index (χ0v) is 18.4. The molecule has 1 aromatic carbocycles. The fourth-order valence-electron chi connectivity index (χ4n) is 2.58. The Morgan fingerprint density at radius 3 is 2.08 bits per heavy atom. The fraction of sp³-hybridized carbons (Fsp3) is 0.714. The van der Waals surface area contributed by atoms with E-state index in [-0.39, 0.29) is 16.7 Å². The number of aliphatic hydroxyl groups excluding tert-OH is 1. The van der Waals surface area contributed by atoms with Gasteiger partial charge in [-0.3, -0.25) is 0 Å². The van der Waals surface area contributed by atoms with Crippen LogP contribution in [0.2, 0.25) is 18.1 Å². The average Bonchev–Trinajstić information content (AvgIpc) is 2.46. The molecule has 1 aromatic rings. The summed E-state index contributed by atoms with van der Waals surface area (Å²) in [7, 11) is -1.94. The number of hydrogen-bond acceptors (Lipinski definition) is 3. The second-order valence-corrected chi connectivity index (χ2v) is 13.9. The summed E-state index contributed by atoms with van der Waals surface area (Å²) in [4.78, 5) is 0. The van der Waals surface area contributed by atoms with Crippen LogP contribution in [0, 0.1) is 5.41 Å². The van der Waals surface area contributed by atoms with Gasteiger partial charge in [0.1, 0.15) is 6.29 Å². The maximum Gasteiger partial charge on any atom is 0.195 e. The smallest absolute Gasteiger partial charge is 0.195 e. The molecule has 0 radical (unpaired) electrons.